The van der Waals surface area contributed by atoms with Crippen molar-refractivity contribution in [1.82, 2.24) is 0 Å². The Hall–Kier alpha value is -3.71. The van der Waals surface area contributed by atoms with Crippen LogP contribution in [0.3, 0.4) is 0 Å². The van der Waals surface area contributed by atoms with Gasteiger partial charge in [0.05, 0.1) is 0 Å². The molecule has 4 aromatic rings. The molecule has 4 aromatic carbocycles. The summed E-state index contributed by atoms with van der Waals surface area (Å²) < 4.78 is 14.8. The van der Waals surface area contributed by atoms with Crippen molar-refractivity contribution in [3.05, 3.63) is 154 Å². The molecule has 0 heterocycles. The van der Waals surface area contributed by atoms with Crippen LogP contribution >= 0.6 is 0 Å². The van der Waals surface area contributed by atoms with Crippen LogP contribution < -0.4 is 0 Å². The molecular weight excluding hydrogens is 451 g/mol. The number of rotatable bonds is 11. The van der Waals surface area contributed by atoms with E-state index in [0.29, 0.717) is 11.5 Å². The van der Waals surface area contributed by atoms with Crippen molar-refractivity contribution in [2.45, 2.75) is 51.9 Å². The number of aryl methyl sites for hydroxylation is 3. The Balaban J connectivity index is 1.29. The lowest BCUT2D eigenvalue weighted by Gasteiger charge is -2.12. The molecule has 188 valence electrons. The van der Waals surface area contributed by atoms with E-state index in [1.165, 1.54) is 22.3 Å². The first-order chi connectivity index (χ1) is 18.1. The zero-order valence-electron chi connectivity index (χ0n) is 22.0. The summed E-state index contributed by atoms with van der Waals surface area (Å²) in [5.41, 5.74) is 8.09. The molecule has 0 aliphatic heterocycles. The Morgan fingerprint density at radius 1 is 0.676 bits per heavy atom. The first kappa shape index (κ1) is 26.4. The van der Waals surface area contributed by atoms with Crippen LogP contribution in [0.15, 0.2) is 109 Å². The molecule has 0 nitrogen and oxygen atoms in total. The number of halogens is 1. The topological polar surface area (TPSA) is 0 Å². The molecule has 0 aliphatic carbocycles. The fourth-order valence-corrected chi connectivity index (χ4v) is 4.65. The predicted octanol–water partition coefficient (Wildman–Crippen LogP) is 9.64. The molecule has 1 heteroatoms. The number of hydrogen-bond donors (Lipinski definition) is 0. The van der Waals surface area contributed by atoms with Gasteiger partial charge in [0.2, 0.25) is 0 Å². The van der Waals surface area contributed by atoms with E-state index in [4.69, 9.17) is 0 Å². The highest BCUT2D eigenvalue weighted by molar-refractivity contribution is 5.70. The van der Waals surface area contributed by atoms with Crippen molar-refractivity contribution in [2.75, 3.05) is 0 Å². The molecule has 0 aromatic heterocycles. The second kappa shape index (κ2) is 13.6. The monoisotopic (exact) mass is 488 g/mol. The van der Waals surface area contributed by atoms with Gasteiger partial charge in [-0.25, -0.2) is 4.39 Å². The molecule has 0 bridgehead atoms. The molecule has 0 spiro atoms. The lowest BCUT2D eigenvalue weighted by atomic mass is 9.93. The van der Waals surface area contributed by atoms with Gasteiger partial charge in [0.15, 0.2) is 0 Å². The maximum atomic E-state index is 14.8. The van der Waals surface area contributed by atoms with E-state index in [0.717, 1.165) is 43.2 Å². The molecule has 1 atom stereocenters. The molecule has 0 saturated heterocycles. The van der Waals surface area contributed by atoms with Gasteiger partial charge in [-0.1, -0.05) is 122 Å². The van der Waals surface area contributed by atoms with Gasteiger partial charge in [0.25, 0.3) is 0 Å². The highest BCUT2D eigenvalue weighted by atomic mass is 19.1. The Bertz CT molecular complexity index is 1300. The quantitative estimate of drug-likeness (QED) is 0.146. The second-order valence-electron chi connectivity index (χ2n) is 9.87. The molecule has 0 amide bonds. The molecule has 0 fully saturated rings. The molecule has 0 saturated carbocycles. The minimum atomic E-state index is -0.168. The van der Waals surface area contributed by atoms with Crippen LogP contribution in [0.1, 0.15) is 65.1 Å². The normalized spacial score (nSPS) is 12.4. The third-order valence-corrected chi connectivity index (χ3v) is 6.97. The van der Waals surface area contributed by atoms with Gasteiger partial charge in [-0.3, -0.25) is 0 Å². The number of allylic oxidation sites excluding steroid dienone is 2. The summed E-state index contributed by atoms with van der Waals surface area (Å²) in [4.78, 5) is 0. The van der Waals surface area contributed by atoms with Crippen molar-refractivity contribution < 1.29 is 4.39 Å². The van der Waals surface area contributed by atoms with E-state index in [9.17, 15) is 4.39 Å². The van der Waals surface area contributed by atoms with E-state index in [-0.39, 0.29) is 5.82 Å². The van der Waals surface area contributed by atoms with Crippen molar-refractivity contribution in [1.29, 1.82) is 0 Å². The zero-order chi connectivity index (χ0) is 25.9. The third kappa shape index (κ3) is 8.15. The molecular formula is C36H37F. The summed E-state index contributed by atoms with van der Waals surface area (Å²) in [5, 5.41) is 0. The third-order valence-electron chi connectivity index (χ3n) is 6.97. The molecule has 37 heavy (non-hydrogen) atoms. The summed E-state index contributed by atoms with van der Waals surface area (Å²) in [6, 6.07) is 33.6. The SMILES string of the molecule is CC=CCCc1ccc(CCc2ccc(C=Cc3ccc(C[C@@H](C)c4ccccc4)cc3F)cc2)cc1. The van der Waals surface area contributed by atoms with E-state index >= 15 is 0 Å². The smallest absolute Gasteiger partial charge is 0.130 e. The second-order valence-corrected chi connectivity index (χ2v) is 9.87. The zero-order valence-corrected chi connectivity index (χ0v) is 22.0. The van der Waals surface area contributed by atoms with Crippen molar-refractivity contribution in [2.24, 2.45) is 0 Å². The Kier molecular flexibility index (Phi) is 9.66. The lowest BCUT2D eigenvalue weighted by Crippen LogP contribution is -1.99. The molecule has 0 N–H and O–H groups in total. The Morgan fingerprint density at radius 3 is 1.89 bits per heavy atom. The van der Waals surface area contributed by atoms with Crippen LogP contribution in [0.5, 0.6) is 0 Å². The summed E-state index contributed by atoms with van der Waals surface area (Å²) in [5.74, 6) is 0.187. The van der Waals surface area contributed by atoms with Crippen molar-refractivity contribution in [3.8, 4) is 0 Å². The van der Waals surface area contributed by atoms with Crippen LogP contribution in [0, 0.1) is 5.82 Å². The van der Waals surface area contributed by atoms with Gasteiger partial charge in [0, 0.05) is 5.56 Å². The highest BCUT2D eigenvalue weighted by Crippen LogP contribution is 2.22. The highest BCUT2D eigenvalue weighted by Gasteiger charge is 2.08. The van der Waals surface area contributed by atoms with Crippen molar-refractivity contribution in [3.63, 3.8) is 0 Å². The molecule has 0 unspecified atom stereocenters. The summed E-state index contributed by atoms with van der Waals surface area (Å²) >= 11 is 0. The largest absolute Gasteiger partial charge is 0.206 e. The molecule has 0 aliphatic rings. The van der Waals surface area contributed by atoms with Crippen LogP contribution in [0.4, 0.5) is 4.39 Å². The summed E-state index contributed by atoms with van der Waals surface area (Å²) in [6.07, 6.45) is 13.3. The van der Waals surface area contributed by atoms with Gasteiger partial charge in [0.1, 0.15) is 5.82 Å². The van der Waals surface area contributed by atoms with E-state index in [1.807, 2.05) is 30.4 Å². The summed E-state index contributed by atoms with van der Waals surface area (Å²) in [7, 11) is 0. The fourth-order valence-electron chi connectivity index (χ4n) is 4.65. The van der Waals surface area contributed by atoms with Crippen LogP contribution in [0.25, 0.3) is 12.2 Å². The lowest BCUT2D eigenvalue weighted by molar-refractivity contribution is 0.620. The van der Waals surface area contributed by atoms with Gasteiger partial charge < -0.3 is 0 Å². The fraction of sp³-hybridized carbons (Fsp3) is 0.222. The van der Waals surface area contributed by atoms with Crippen LogP contribution in [0.2, 0.25) is 0 Å². The minimum absolute atomic E-state index is 0.168. The average Bonchev–Trinajstić information content (AvgIpc) is 2.93. The Labute approximate surface area is 222 Å². The van der Waals surface area contributed by atoms with E-state index < -0.39 is 0 Å². The van der Waals surface area contributed by atoms with Gasteiger partial charge in [-0.15, -0.1) is 0 Å². The minimum Gasteiger partial charge on any atom is -0.206 e. The van der Waals surface area contributed by atoms with E-state index in [1.54, 1.807) is 6.07 Å². The van der Waals surface area contributed by atoms with Gasteiger partial charge in [-0.2, -0.15) is 0 Å². The van der Waals surface area contributed by atoms with Crippen LogP contribution in [-0.4, -0.2) is 0 Å². The maximum absolute atomic E-state index is 14.8. The Morgan fingerprint density at radius 2 is 1.27 bits per heavy atom. The standard InChI is InChI=1S/C36H37F/c1-3-4-6-9-29-12-14-30(15-13-29)16-17-31-18-20-32(21-19-31)22-24-35-25-23-33(27-36(35)37)26-28(2)34-10-7-5-8-11-34/h3-5,7-8,10-15,18-25,27-28H,6,9,16-17,26H2,1-2H3/t28-/m1/s1. The first-order valence-electron chi connectivity index (χ1n) is 13.4. The maximum Gasteiger partial charge on any atom is 0.130 e. The van der Waals surface area contributed by atoms with Crippen LogP contribution in [-0.2, 0) is 25.7 Å². The summed E-state index contributed by atoms with van der Waals surface area (Å²) in [6.45, 7) is 4.26. The average molecular weight is 489 g/mol. The number of benzene rings is 4. The van der Waals surface area contributed by atoms with Gasteiger partial charge in [-0.05, 0) is 84.4 Å². The number of hydrogen-bond acceptors (Lipinski definition) is 0. The van der Waals surface area contributed by atoms with Crippen molar-refractivity contribution >= 4 is 12.2 Å². The first-order valence-corrected chi connectivity index (χ1v) is 13.4. The molecule has 4 rings (SSSR count). The van der Waals surface area contributed by atoms with Gasteiger partial charge >= 0.3 is 0 Å². The predicted molar refractivity (Wildman–Crippen MR) is 157 cm³/mol. The van der Waals surface area contributed by atoms with E-state index in [2.05, 4.69) is 98.8 Å². The molecule has 0 radical (unpaired) electrons.